The first-order valence-electron chi connectivity index (χ1n) is 3.97. The smallest absolute Gasteiger partial charge is 0.327 e. The zero-order valence-corrected chi connectivity index (χ0v) is 9.76. The molecule has 2 aromatic rings. The second-order valence-electron chi connectivity index (χ2n) is 2.52. The van der Waals surface area contributed by atoms with Crippen LogP contribution in [-0.2, 0) is 0 Å². The monoisotopic (exact) mass is 287 g/mol. The van der Waals surface area contributed by atoms with E-state index in [9.17, 15) is 4.79 Å². The first-order chi connectivity index (χ1) is 7.24. The summed E-state index contributed by atoms with van der Waals surface area (Å²) in [6, 6.07) is 2.96. The first kappa shape index (κ1) is 10.2. The molecule has 0 aliphatic heterocycles. The summed E-state index contributed by atoms with van der Waals surface area (Å²) in [7, 11) is 0. The second-order valence-corrected chi connectivity index (χ2v) is 4.20. The molecule has 0 radical (unpaired) electrons. The number of nitrogens with zero attached hydrogens (tertiary/aromatic N) is 1. The molecular formula is C8H6BrN3O2S. The topological polar surface area (TPSA) is 67.2 Å². The van der Waals surface area contributed by atoms with Crippen LogP contribution in [0.5, 0.6) is 0 Å². The van der Waals surface area contributed by atoms with Gasteiger partial charge >= 0.3 is 6.03 Å². The molecule has 15 heavy (non-hydrogen) atoms. The van der Waals surface area contributed by atoms with Crippen molar-refractivity contribution in [3.05, 3.63) is 28.4 Å². The van der Waals surface area contributed by atoms with Gasteiger partial charge in [-0.05, 0) is 22.0 Å². The Balaban J connectivity index is 1.93. The Kier molecular flexibility index (Phi) is 3.02. The Morgan fingerprint density at radius 2 is 2.33 bits per heavy atom. The maximum atomic E-state index is 11.4. The van der Waals surface area contributed by atoms with Crippen LogP contribution in [0.3, 0.4) is 0 Å². The molecule has 2 amide bonds. The highest BCUT2D eigenvalue weighted by Gasteiger charge is 2.06. The maximum Gasteiger partial charge on any atom is 0.327 e. The fourth-order valence-electron chi connectivity index (χ4n) is 0.907. The average Bonchev–Trinajstić information content (AvgIpc) is 2.77. The standard InChI is InChI=1S/C8H6BrN3O2S/c9-5-1-2-6(14-5)11-7(13)12-8-10-3-4-15-8/h1-4H,(H2,10,11,12,13). The number of carbonyl (C=O) groups excluding carboxylic acids is 1. The van der Waals surface area contributed by atoms with E-state index in [2.05, 4.69) is 31.5 Å². The third kappa shape index (κ3) is 2.80. The number of thiazole rings is 1. The van der Waals surface area contributed by atoms with Crippen LogP contribution in [0, 0.1) is 0 Å². The van der Waals surface area contributed by atoms with Crippen LogP contribution in [0.1, 0.15) is 0 Å². The van der Waals surface area contributed by atoms with Crippen molar-refractivity contribution >= 4 is 44.3 Å². The molecule has 0 atom stereocenters. The summed E-state index contributed by atoms with van der Waals surface area (Å²) in [5.41, 5.74) is 0. The van der Waals surface area contributed by atoms with Crippen LogP contribution in [0.4, 0.5) is 15.8 Å². The summed E-state index contributed by atoms with van der Waals surface area (Å²) in [6.07, 6.45) is 1.61. The van der Waals surface area contributed by atoms with Gasteiger partial charge in [0.2, 0.25) is 5.88 Å². The van der Waals surface area contributed by atoms with Gasteiger partial charge < -0.3 is 4.42 Å². The largest absolute Gasteiger partial charge is 0.434 e. The molecule has 2 N–H and O–H groups in total. The number of urea groups is 1. The van der Waals surface area contributed by atoms with E-state index in [1.165, 1.54) is 11.3 Å². The van der Waals surface area contributed by atoms with Crippen molar-refractivity contribution in [1.82, 2.24) is 4.98 Å². The molecular weight excluding hydrogens is 282 g/mol. The Labute approximate surface area is 97.6 Å². The fraction of sp³-hybridized carbons (Fsp3) is 0. The van der Waals surface area contributed by atoms with E-state index >= 15 is 0 Å². The summed E-state index contributed by atoms with van der Waals surface area (Å²) < 4.78 is 5.66. The van der Waals surface area contributed by atoms with Gasteiger partial charge in [-0.1, -0.05) is 0 Å². The minimum absolute atomic E-state index is 0.371. The molecule has 0 aromatic carbocycles. The van der Waals surface area contributed by atoms with Crippen molar-refractivity contribution < 1.29 is 9.21 Å². The second kappa shape index (κ2) is 4.45. The van der Waals surface area contributed by atoms with Gasteiger partial charge in [0.25, 0.3) is 0 Å². The molecule has 0 fully saturated rings. The number of amides is 2. The number of rotatable bonds is 2. The summed E-state index contributed by atoms with van der Waals surface area (Å²) >= 11 is 4.48. The van der Waals surface area contributed by atoms with Crippen LogP contribution in [0.2, 0.25) is 0 Å². The number of carbonyl (C=O) groups is 1. The van der Waals surface area contributed by atoms with Crippen LogP contribution < -0.4 is 10.6 Å². The Morgan fingerprint density at radius 1 is 1.47 bits per heavy atom. The van der Waals surface area contributed by atoms with E-state index in [1.54, 1.807) is 23.7 Å². The van der Waals surface area contributed by atoms with Gasteiger partial charge in [-0.25, -0.2) is 9.78 Å². The van der Waals surface area contributed by atoms with Crippen LogP contribution in [-0.4, -0.2) is 11.0 Å². The highest BCUT2D eigenvalue weighted by Crippen LogP contribution is 2.18. The molecule has 0 unspecified atom stereocenters. The van der Waals surface area contributed by atoms with Crippen LogP contribution >= 0.6 is 27.3 Å². The summed E-state index contributed by atoms with van der Waals surface area (Å²) in [5.74, 6) is 0.371. The lowest BCUT2D eigenvalue weighted by Crippen LogP contribution is -2.18. The van der Waals surface area contributed by atoms with Crippen molar-refractivity contribution in [1.29, 1.82) is 0 Å². The predicted octanol–water partition coefficient (Wildman–Crippen LogP) is 3.14. The van der Waals surface area contributed by atoms with Gasteiger partial charge in [0.1, 0.15) is 0 Å². The number of hydrogen-bond acceptors (Lipinski definition) is 4. The van der Waals surface area contributed by atoms with Gasteiger partial charge in [-0.3, -0.25) is 10.6 Å². The number of aromatic nitrogens is 1. The number of hydrogen-bond donors (Lipinski definition) is 2. The normalized spacial score (nSPS) is 9.93. The quantitative estimate of drug-likeness (QED) is 0.892. The van der Waals surface area contributed by atoms with Crippen molar-refractivity contribution in [2.24, 2.45) is 0 Å². The summed E-state index contributed by atoms with van der Waals surface area (Å²) in [4.78, 5) is 15.3. The van der Waals surface area contributed by atoms with E-state index in [4.69, 9.17) is 4.42 Å². The predicted molar refractivity (Wildman–Crippen MR) is 61.2 cm³/mol. The van der Waals surface area contributed by atoms with Crippen LogP contribution in [0.25, 0.3) is 0 Å². The van der Waals surface area contributed by atoms with E-state index in [0.717, 1.165) is 0 Å². The van der Waals surface area contributed by atoms with Gasteiger partial charge in [-0.15, -0.1) is 11.3 Å². The molecule has 0 spiro atoms. The maximum absolute atomic E-state index is 11.4. The lowest BCUT2D eigenvalue weighted by atomic mass is 10.6. The average molecular weight is 288 g/mol. The number of anilines is 2. The molecule has 0 saturated heterocycles. The fourth-order valence-corrected chi connectivity index (χ4v) is 1.74. The van der Waals surface area contributed by atoms with Gasteiger partial charge in [0.15, 0.2) is 9.80 Å². The minimum atomic E-state index is -0.383. The van der Waals surface area contributed by atoms with Crippen molar-refractivity contribution in [2.75, 3.05) is 10.6 Å². The van der Waals surface area contributed by atoms with Gasteiger partial charge in [-0.2, -0.15) is 0 Å². The zero-order valence-electron chi connectivity index (χ0n) is 7.36. The highest BCUT2D eigenvalue weighted by molar-refractivity contribution is 9.10. The van der Waals surface area contributed by atoms with E-state index in [1.807, 2.05) is 0 Å². The number of halogens is 1. The first-order valence-corrected chi connectivity index (χ1v) is 5.64. The van der Waals surface area contributed by atoms with Crippen molar-refractivity contribution in [3.63, 3.8) is 0 Å². The lowest BCUT2D eigenvalue weighted by molar-refractivity contribution is 0.261. The number of furan rings is 1. The molecule has 7 heteroatoms. The van der Waals surface area contributed by atoms with E-state index < -0.39 is 0 Å². The minimum Gasteiger partial charge on any atom is -0.434 e. The SMILES string of the molecule is O=C(Nc1ccc(Br)o1)Nc1nccs1. The van der Waals surface area contributed by atoms with Crippen molar-refractivity contribution in [3.8, 4) is 0 Å². The number of nitrogens with one attached hydrogen (secondary N) is 2. The van der Waals surface area contributed by atoms with E-state index in [0.29, 0.717) is 15.7 Å². The Hall–Kier alpha value is -1.34. The molecule has 0 saturated carbocycles. The third-order valence-electron chi connectivity index (χ3n) is 1.46. The molecule has 2 aromatic heterocycles. The highest BCUT2D eigenvalue weighted by atomic mass is 79.9. The molecule has 2 rings (SSSR count). The Morgan fingerprint density at radius 3 is 2.93 bits per heavy atom. The Bertz CT molecular complexity index is 454. The third-order valence-corrected chi connectivity index (χ3v) is 2.58. The molecule has 0 bridgehead atoms. The van der Waals surface area contributed by atoms with Gasteiger partial charge in [0.05, 0.1) is 0 Å². The van der Waals surface area contributed by atoms with E-state index in [-0.39, 0.29) is 6.03 Å². The zero-order chi connectivity index (χ0) is 10.7. The lowest BCUT2D eigenvalue weighted by Gasteiger charge is -2.00. The summed E-state index contributed by atoms with van der Waals surface area (Å²) in [5, 5.41) is 7.40. The molecule has 5 nitrogen and oxygen atoms in total. The molecule has 0 aliphatic carbocycles. The molecule has 2 heterocycles. The van der Waals surface area contributed by atoms with Crippen LogP contribution in [0.15, 0.2) is 32.8 Å². The van der Waals surface area contributed by atoms with Gasteiger partial charge in [0, 0.05) is 17.6 Å². The molecule has 0 aliphatic rings. The van der Waals surface area contributed by atoms with Crippen molar-refractivity contribution in [2.45, 2.75) is 0 Å². The summed E-state index contributed by atoms with van der Waals surface area (Å²) in [6.45, 7) is 0. The molecule has 78 valence electrons.